The first-order valence-electron chi connectivity index (χ1n) is 9.34. The van der Waals surface area contributed by atoms with Gasteiger partial charge in [0.1, 0.15) is 0 Å². The quantitative estimate of drug-likeness (QED) is 0.733. The third-order valence-corrected chi connectivity index (χ3v) is 4.97. The van der Waals surface area contributed by atoms with Crippen molar-refractivity contribution < 1.29 is 19.5 Å². The van der Waals surface area contributed by atoms with Gasteiger partial charge in [-0.3, -0.25) is 19.5 Å². The highest BCUT2D eigenvalue weighted by Gasteiger charge is 2.27. The highest BCUT2D eigenvalue weighted by molar-refractivity contribution is 6.03. The molecular weight excluding hydrogens is 360 g/mol. The summed E-state index contributed by atoms with van der Waals surface area (Å²) in [6.07, 6.45) is 0.939. The van der Waals surface area contributed by atoms with Crippen molar-refractivity contribution in [3.63, 3.8) is 0 Å². The second-order valence-electron chi connectivity index (χ2n) is 7.30. The molecule has 1 aromatic heterocycles. The predicted octanol–water partition coefficient (Wildman–Crippen LogP) is 2.72. The molecule has 0 spiro atoms. The van der Waals surface area contributed by atoms with Gasteiger partial charge in [-0.05, 0) is 49.1 Å². The molecule has 148 valence electrons. The summed E-state index contributed by atoms with van der Waals surface area (Å²) in [5.41, 5.74) is 2.27. The van der Waals surface area contributed by atoms with Gasteiger partial charge in [0, 0.05) is 30.0 Å². The van der Waals surface area contributed by atoms with Crippen LogP contribution in [0.1, 0.15) is 59.1 Å². The van der Waals surface area contributed by atoms with Gasteiger partial charge in [0.25, 0.3) is 11.8 Å². The number of piperidine rings is 1. The molecule has 1 aromatic carbocycles. The molecule has 1 aliphatic rings. The van der Waals surface area contributed by atoms with Crippen molar-refractivity contribution in [1.29, 1.82) is 0 Å². The number of nitrogens with zero attached hydrogens (tertiary/aromatic N) is 2. The number of anilines is 1. The van der Waals surface area contributed by atoms with Gasteiger partial charge in [0.2, 0.25) is 0 Å². The van der Waals surface area contributed by atoms with Gasteiger partial charge < -0.3 is 15.3 Å². The smallest absolute Gasteiger partial charge is 0.306 e. The van der Waals surface area contributed by atoms with Gasteiger partial charge in [-0.1, -0.05) is 13.8 Å². The number of hydrogen-bond acceptors (Lipinski definition) is 4. The lowest BCUT2D eigenvalue weighted by atomic mass is 9.96. The summed E-state index contributed by atoms with van der Waals surface area (Å²) in [6.45, 7) is 4.89. The van der Waals surface area contributed by atoms with Gasteiger partial charge in [0.15, 0.2) is 5.69 Å². The minimum atomic E-state index is -0.801. The molecule has 1 saturated heterocycles. The van der Waals surface area contributed by atoms with Crippen molar-refractivity contribution in [2.75, 3.05) is 18.4 Å². The van der Waals surface area contributed by atoms with E-state index in [-0.39, 0.29) is 23.7 Å². The minimum absolute atomic E-state index is 0.129. The lowest BCUT2D eigenvalue weighted by Crippen LogP contribution is -2.40. The van der Waals surface area contributed by atoms with Crippen LogP contribution in [0.2, 0.25) is 0 Å². The van der Waals surface area contributed by atoms with E-state index in [1.54, 1.807) is 35.2 Å². The number of nitrogens with one attached hydrogen (secondary N) is 2. The molecule has 2 aromatic rings. The molecule has 3 rings (SSSR count). The van der Waals surface area contributed by atoms with E-state index in [0.717, 1.165) is 5.69 Å². The zero-order chi connectivity index (χ0) is 20.3. The monoisotopic (exact) mass is 384 g/mol. The van der Waals surface area contributed by atoms with E-state index in [9.17, 15) is 14.4 Å². The van der Waals surface area contributed by atoms with Gasteiger partial charge in [-0.2, -0.15) is 5.10 Å². The summed E-state index contributed by atoms with van der Waals surface area (Å²) >= 11 is 0. The van der Waals surface area contributed by atoms with Gasteiger partial charge in [-0.15, -0.1) is 0 Å². The summed E-state index contributed by atoms with van der Waals surface area (Å²) < 4.78 is 0. The Hall–Kier alpha value is -3.16. The van der Waals surface area contributed by atoms with Crippen LogP contribution in [0.25, 0.3) is 0 Å². The standard InChI is InChI=1S/C20H24N4O4/c1-12(2)16-11-17(23-22-16)18(25)21-15-5-3-13(4-6-15)19(26)24-9-7-14(8-10-24)20(27)28/h3-6,11-12,14H,7-10H2,1-2H3,(H,21,25)(H,22,23)(H,27,28). The SMILES string of the molecule is CC(C)c1cc(C(=O)Nc2ccc(C(=O)N3CCC(C(=O)O)CC3)cc2)n[nH]1. The molecule has 0 unspecified atom stereocenters. The van der Waals surface area contributed by atoms with E-state index in [1.165, 1.54) is 0 Å². The van der Waals surface area contributed by atoms with Crippen LogP contribution < -0.4 is 5.32 Å². The van der Waals surface area contributed by atoms with E-state index in [2.05, 4.69) is 15.5 Å². The van der Waals surface area contributed by atoms with Crippen LogP contribution in [0.15, 0.2) is 30.3 Å². The molecule has 3 N–H and O–H groups in total. The minimum Gasteiger partial charge on any atom is -0.481 e. The maximum absolute atomic E-state index is 12.6. The predicted molar refractivity (Wildman–Crippen MR) is 103 cm³/mol. The van der Waals surface area contributed by atoms with E-state index >= 15 is 0 Å². The van der Waals surface area contributed by atoms with Crippen molar-refractivity contribution in [2.45, 2.75) is 32.6 Å². The lowest BCUT2D eigenvalue weighted by molar-refractivity contribution is -0.143. The maximum Gasteiger partial charge on any atom is 0.306 e. The van der Waals surface area contributed by atoms with Crippen LogP contribution in [0.5, 0.6) is 0 Å². The molecule has 0 radical (unpaired) electrons. The van der Waals surface area contributed by atoms with Crippen molar-refractivity contribution in [1.82, 2.24) is 15.1 Å². The summed E-state index contributed by atoms with van der Waals surface area (Å²) in [7, 11) is 0. The Morgan fingerprint density at radius 2 is 1.82 bits per heavy atom. The largest absolute Gasteiger partial charge is 0.481 e. The first kappa shape index (κ1) is 19.6. The molecule has 2 heterocycles. The number of carboxylic acid groups (broad SMARTS) is 1. The number of aromatic amines is 1. The highest BCUT2D eigenvalue weighted by atomic mass is 16.4. The molecule has 0 saturated carbocycles. The zero-order valence-electron chi connectivity index (χ0n) is 15.9. The first-order chi connectivity index (χ1) is 13.3. The highest BCUT2D eigenvalue weighted by Crippen LogP contribution is 2.20. The number of likely N-dealkylation sites (tertiary alicyclic amines) is 1. The Morgan fingerprint density at radius 1 is 1.18 bits per heavy atom. The summed E-state index contributed by atoms with van der Waals surface area (Å²) in [5.74, 6) is -1.38. The number of H-pyrrole nitrogens is 1. The number of benzene rings is 1. The molecule has 0 aliphatic carbocycles. The number of rotatable bonds is 5. The number of carboxylic acids is 1. The second-order valence-corrected chi connectivity index (χ2v) is 7.30. The van der Waals surface area contributed by atoms with Crippen molar-refractivity contribution >= 4 is 23.5 Å². The second kappa shape index (κ2) is 8.24. The van der Waals surface area contributed by atoms with Crippen LogP contribution in [-0.2, 0) is 4.79 Å². The molecule has 0 atom stereocenters. The van der Waals surface area contributed by atoms with E-state index in [0.29, 0.717) is 42.9 Å². The van der Waals surface area contributed by atoms with Crippen molar-refractivity contribution in [3.05, 3.63) is 47.3 Å². The summed E-state index contributed by atoms with van der Waals surface area (Å²) in [5, 5.41) is 18.7. The van der Waals surface area contributed by atoms with E-state index < -0.39 is 5.97 Å². The first-order valence-corrected chi connectivity index (χ1v) is 9.34. The molecular formula is C20H24N4O4. The third-order valence-electron chi connectivity index (χ3n) is 4.97. The van der Waals surface area contributed by atoms with Gasteiger partial charge >= 0.3 is 5.97 Å². The van der Waals surface area contributed by atoms with E-state index in [1.807, 2.05) is 13.8 Å². The molecule has 1 aliphatic heterocycles. The molecule has 1 fully saturated rings. The summed E-state index contributed by atoms with van der Waals surface area (Å²) in [4.78, 5) is 37.5. The molecule has 8 nitrogen and oxygen atoms in total. The Labute approximate surface area is 162 Å². The number of carbonyl (C=O) groups is 3. The lowest BCUT2D eigenvalue weighted by Gasteiger charge is -2.30. The number of aliphatic carboxylic acids is 1. The van der Waals surface area contributed by atoms with Crippen molar-refractivity contribution in [3.8, 4) is 0 Å². The number of aromatic nitrogens is 2. The van der Waals surface area contributed by atoms with E-state index in [4.69, 9.17) is 5.11 Å². The zero-order valence-corrected chi connectivity index (χ0v) is 15.9. The third kappa shape index (κ3) is 4.39. The molecule has 2 amide bonds. The van der Waals surface area contributed by atoms with Crippen LogP contribution >= 0.6 is 0 Å². The van der Waals surface area contributed by atoms with Crippen molar-refractivity contribution in [2.24, 2.45) is 5.92 Å². The Bertz CT molecular complexity index is 865. The molecule has 8 heteroatoms. The maximum atomic E-state index is 12.6. The fourth-order valence-corrected chi connectivity index (χ4v) is 3.15. The molecule has 28 heavy (non-hydrogen) atoms. The van der Waals surface area contributed by atoms with Gasteiger partial charge in [-0.25, -0.2) is 0 Å². The number of amides is 2. The Balaban J connectivity index is 1.59. The average molecular weight is 384 g/mol. The van der Waals surface area contributed by atoms with Crippen LogP contribution in [0, 0.1) is 5.92 Å². The van der Waals surface area contributed by atoms with Crippen LogP contribution in [0.4, 0.5) is 5.69 Å². The number of hydrogen-bond donors (Lipinski definition) is 3. The van der Waals surface area contributed by atoms with Gasteiger partial charge in [0.05, 0.1) is 5.92 Å². The van der Waals surface area contributed by atoms with Crippen LogP contribution in [-0.4, -0.2) is 51.1 Å². The fraction of sp³-hybridized carbons (Fsp3) is 0.400. The summed E-state index contributed by atoms with van der Waals surface area (Å²) in [6, 6.07) is 8.38. The number of carbonyl (C=O) groups excluding carboxylic acids is 2. The fourth-order valence-electron chi connectivity index (χ4n) is 3.15. The average Bonchev–Trinajstić information content (AvgIpc) is 3.19. The Morgan fingerprint density at radius 3 is 2.36 bits per heavy atom. The van der Waals surface area contributed by atoms with Crippen LogP contribution in [0.3, 0.4) is 0 Å². The molecule has 0 bridgehead atoms. The topological polar surface area (TPSA) is 115 Å². The normalized spacial score (nSPS) is 14.9. The Kier molecular flexibility index (Phi) is 5.77.